The second-order valence-corrected chi connectivity index (χ2v) is 9.45. The van der Waals surface area contributed by atoms with Gasteiger partial charge in [0.25, 0.3) is 11.7 Å². The molecule has 5 rings (SSSR count). The van der Waals surface area contributed by atoms with Gasteiger partial charge in [-0.3, -0.25) is 4.79 Å². The Morgan fingerprint density at radius 1 is 1.21 bits per heavy atom. The minimum Gasteiger partial charge on any atom is -0.449 e. The van der Waals surface area contributed by atoms with Gasteiger partial charge in [-0.2, -0.15) is 8.78 Å². The summed E-state index contributed by atoms with van der Waals surface area (Å²) in [5, 5.41) is 3.07. The number of hydrogen-bond acceptors (Lipinski definition) is 5. The number of hydrogen-bond donors (Lipinski definition) is 1. The highest BCUT2D eigenvalue weighted by Gasteiger charge is 2.51. The summed E-state index contributed by atoms with van der Waals surface area (Å²) in [7, 11) is 0. The molecule has 4 saturated carbocycles. The number of carbonyl (C=O) groups is 2. The lowest BCUT2D eigenvalue weighted by molar-refractivity contribution is -0.134. The SMILES string of the molecule is C[C@@H](OC(=O)c1cccnc1SC(F)F)C(=O)NC12CC3CC(CC(C3)C1)C2. The van der Waals surface area contributed by atoms with Crippen molar-refractivity contribution in [1.82, 2.24) is 10.3 Å². The molecule has 4 aliphatic carbocycles. The van der Waals surface area contributed by atoms with Crippen molar-refractivity contribution in [3.8, 4) is 0 Å². The van der Waals surface area contributed by atoms with Crippen LogP contribution in [0.4, 0.5) is 8.78 Å². The predicted octanol–water partition coefficient (Wildman–Crippen LogP) is 4.03. The Labute approximate surface area is 167 Å². The zero-order valence-corrected chi connectivity index (χ0v) is 16.5. The van der Waals surface area contributed by atoms with Crippen LogP contribution in [0.2, 0.25) is 0 Å². The minimum atomic E-state index is -2.70. The van der Waals surface area contributed by atoms with E-state index in [1.807, 2.05) is 0 Å². The number of rotatable bonds is 6. The molecule has 1 aromatic heterocycles. The van der Waals surface area contributed by atoms with Crippen LogP contribution in [0.3, 0.4) is 0 Å². The molecule has 4 bridgehead atoms. The highest BCUT2D eigenvalue weighted by Crippen LogP contribution is 2.55. The number of esters is 1. The van der Waals surface area contributed by atoms with Gasteiger partial charge in [0.2, 0.25) is 0 Å². The van der Waals surface area contributed by atoms with Crippen molar-refractivity contribution in [2.45, 2.75) is 67.9 Å². The molecule has 152 valence electrons. The molecule has 0 saturated heterocycles. The van der Waals surface area contributed by atoms with Crippen molar-refractivity contribution in [3.63, 3.8) is 0 Å². The number of carbonyl (C=O) groups excluding carboxylic acids is 2. The quantitative estimate of drug-likeness (QED) is 0.567. The van der Waals surface area contributed by atoms with Gasteiger partial charge in [0, 0.05) is 11.7 Å². The third kappa shape index (κ3) is 4.02. The van der Waals surface area contributed by atoms with Gasteiger partial charge in [-0.25, -0.2) is 9.78 Å². The average molecular weight is 410 g/mol. The molecule has 0 aliphatic heterocycles. The van der Waals surface area contributed by atoms with Crippen LogP contribution in [-0.4, -0.2) is 34.3 Å². The van der Waals surface area contributed by atoms with Gasteiger partial charge in [-0.1, -0.05) is 0 Å². The van der Waals surface area contributed by atoms with E-state index in [4.69, 9.17) is 4.74 Å². The van der Waals surface area contributed by atoms with Crippen LogP contribution in [0.15, 0.2) is 23.4 Å². The van der Waals surface area contributed by atoms with Crippen LogP contribution in [0, 0.1) is 17.8 Å². The van der Waals surface area contributed by atoms with E-state index in [2.05, 4.69) is 10.3 Å². The Bertz CT molecular complexity index is 738. The first-order valence-corrected chi connectivity index (χ1v) is 10.6. The van der Waals surface area contributed by atoms with E-state index in [1.54, 1.807) is 0 Å². The predicted molar refractivity (Wildman–Crippen MR) is 100 cm³/mol. The molecule has 1 N–H and O–H groups in total. The fourth-order valence-corrected chi connectivity index (χ4v) is 6.20. The topological polar surface area (TPSA) is 68.3 Å². The number of halogens is 2. The zero-order valence-electron chi connectivity index (χ0n) is 15.7. The molecule has 1 atom stereocenters. The maximum Gasteiger partial charge on any atom is 0.341 e. The molecule has 0 radical (unpaired) electrons. The number of ether oxygens (including phenoxy) is 1. The van der Waals surface area contributed by atoms with Gasteiger partial charge in [0.05, 0.1) is 5.56 Å². The number of aromatic nitrogens is 1. The molecule has 4 fully saturated rings. The fourth-order valence-electron chi connectivity index (χ4n) is 5.63. The molecule has 1 amide bonds. The van der Waals surface area contributed by atoms with Crippen molar-refractivity contribution < 1.29 is 23.1 Å². The molecule has 5 nitrogen and oxygen atoms in total. The Morgan fingerprint density at radius 3 is 2.39 bits per heavy atom. The summed E-state index contributed by atoms with van der Waals surface area (Å²) < 4.78 is 30.6. The summed E-state index contributed by atoms with van der Waals surface area (Å²) in [5.74, 6) is -1.76. The molecule has 0 unspecified atom stereocenters. The summed E-state index contributed by atoms with van der Waals surface area (Å²) in [5.41, 5.74) is -0.223. The van der Waals surface area contributed by atoms with Crippen LogP contribution in [0.1, 0.15) is 55.8 Å². The molecule has 1 heterocycles. The molecule has 28 heavy (non-hydrogen) atoms. The van der Waals surface area contributed by atoms with Gasteiger partial charge < -0.3 is 10.1 Å². The maximum atomic E-state index is 12.7. The van der Waals surface area contributed by atoms with Crippen LogP contribution in [0.5, 0.6) is 0 Å². The third-order valence-electron chi connectivity index (χ3n) is 6.27. The standard InChI is InChI=1S/C20H24F2N2O3S/c1-11(27-18(26)15-3-2-4-23-17(15)28-19(21)22)16(25)24-20-8-12-5-13(9-20)7-14(6-12)10-20/h2-4,11-14,19H,5-10H2,1H3,(H,24,25)/t11-,12?,13?,14?,20?/m1/s1. The van der Waals surface area contributed by atoms with Gasteiger partial charge in [0.1, 0.15) is 5.03 Å². The number of pyridine rings is 1. The largest absolute Gasteiger partial charge is 0.449 e. The van der Waals surface area contributed by atoms with E-state index in [0.29, 0.717) is 17.8 Å². The first kappa shape index (κ1) is 19.6. The number of amides is 1. The summed E-state index contributed by atoms with van der Waals surface area (Å²) in [6, 6.07) is 2.86. The van der Waals surface area contributed by atoms with E-state index >= 15 is 0 Å². The number of thioether (sulfide) groups is 1. The second kappa shape index (κ2) is 7.61. The lowest BCUT2D eigenvalue weighted by atomic mass is 9.53. The maximum absolute atomic E-state index is 12.7. The lowest BCUT2D eigenvalue weighted by Crippen LogP contribution is -2.61. The molecular formula is C20H24F2N2O3S. The third-order valence-corrected chi connectivity index (χ3v) is 7.00. The zero-order chi connectivity index (χ0) is 19.9. The summed E-state index contributed by atoms with van der Waals surface area (Å²) in [6.45, 7) is 1.52. The van der Waals surface area contributed by atoms with E-state index < -0.39 is 17.8 Å². The first-order valence-electron chi connectivity index (χ1n) is 9.76. The highest BCUT2D eigenvalue weighted by atomic mass is 32.2. The summed E-state index contributed by atoms with van der Waals surface area (Å²) in [4.78, 5) is 29.0. The van der Waals surface area contributed by atoms with Crippen LogP contribution in [0.25, 0.3) is 0 Å². The van der Waals surface area contributed by atoms with Crippen molar-refractivity contribution in [2.75, 3.05) is 0 Å². The highest BCUT2D eigenvalue weighted by molar-refractivity contribution is 7.99. The van der Waals surface area contributed by atoms with Gasteiger partial charge in [-0.15, -0.1) is 0 Å². The van der Waals surface area contributed by atoms with E-state index in [1.165, 1.54) is 44.5 Å². The van der Waals surface area contributed by atoms with Gasteiger partial charge in [0.15, 0.2) is 6.10 Å². The van der Waals surface area contributed by atoms with Crippen LogP contribution < -0.4 is 5.32 Å². The van der Waals surface area contributed by atoms with Crippen molar-refractivity contribution >= 4 is 23.6 Å². The molecule has 0 aromatic carbocycles. The summed E-state index contributed by atoms with van der Waals surface area (Å²) >= 11 is 0.187. The Hall–Kier alpha value is -1.70. The second-order valence-electron chi connectivity index (χ2n) is 8.47. The Balaban J connectivity index is 1.39. The van der Waals surface area contributed by atoms with Crippen molar-refractivity contribution in [2.24, 2.45) is 17.8 Å². The number of alkyl halides is 2. The molecule has 0 spiro atoms. The summed E-state index contributed by atoms with van der Waals surface area (Å²) in [6.07, 6.45) is 7.16. The van der Waals surface area contributed by atoms with Gasteiger partial charge >= 0.3 is 5.97 Å². The van der Waals surface area contributed by atoms with Crippen molar-refractivity contribution in [3.05, 3.63) is 23.9 Å². The van der Waals surface area contributed by atoms with E-state index in [9.17, 15) is 18.4 Å². The Morgan fingerprint density at radius 2 is 1.82 bits per heavy atom. The van der Waals surface area contributed by atoms with E-state index in [-0.39, 0.29) is 33.8 Å². The van der Waals surface area contributed by atoms with Crippen LogP contribution in [-0.2, 0) is 9.53 Å². The smallest absolute Gasteiger partial charge is 0.341 e. The van der Waals surface area contributed by atoms with Gasteiger partial charge in [-0.05, 0) is 87.1 Å². The monoisotopic (exact) mass is 410 g/mol. The molecular weight excluding hydrogens is 386 g/mol. The normalized spacial score (nSPS) is 31.6. The molecule has 8 heteroatoms. The lowest BCUT2D eigenvalue weighted by Gasteiger charge is -2.57. The fraction of sp³-hybridized carbons (Fsp3) is 0.650. The Kier molecular flexibility index (Phi) is 5.33. The van der Waals surface area contributed by atoms with Crippen molar-refractivity contribution in [1.29, 1.82) is 0 Å². The molecule has 1 aromatic rings. The first-order chi connectivity index (χ1) is 13.3. The average Bonchev–Trinajstić information content (AvgIpc) is 2.59. The minimum absolute atomic E-state index is 0.0535. The number of nitrogens with zero attached hydrogens (tertiary/aromatic N) is 1. The number of nitrogens with one attached hydrogen (secondary N) is 1. The van der Waals surface area contributed by atoms with Crippen LogP contribution >= 0.6 is 11.8 Å². The molecule has 4 aliphatic rings. The van der Waals surface area contributed by atoms with E-state index in [0.717, 1.165) is 19.3 Å².